The van der Waals surface area contributed by atoms with Crippen molar-refractivity contribution < 1.29 is 9.53 Å². The van der Waals surface area contributed by atoms with Crippen molar-refractivity contribution >= 4 is 40.0 Å². The second-order valence-electron chi connectivity index (χ2n) is 6.98. The summed E-state index contributed by atoms with van der Waals surface area (Å²) >= 11 is 0. The van der Waals surface area contributed by atoms with E-state index in [1.54, 1.807) is 43.9 Å². The molecule has 3 heterocycles. The molecule has 1 amide bonds. The quantitative estimate of drug-likeness (QED) is 0.407. The van der Waals surface area contributed by atoms with E-state index in [4.69, 9.17) is 10.5 Å². The molecule has 0 radical (unpaired) electrons. The van der Waals surface area contributed by atoms with Gasteiger partial charge in [-0.25, -0.2) is 19.9 Å². The molecule has 1 aliphatic carbocycles. The predicted molar refractivity (Wildman–Crippen MR) is 116 cm³/mol. The maximum atomic E-state index is 12.1. The minimum atomic E-state index is -0.00608. The summed E-state index contributed by atoms with van der Waals surface area (Å²) in [6.45, 7) is 2.70. The number of aliphatic imine (C=N–C) groups is 1. The number of carbonyl (C=O) groups is 1. The van der Waals surface area contributed by atoms with Crippen molar-refractivity contribution in [2.75, 3.05) is 24.3 Å². The molecule has 0 aromatic carbocycles. The molecule has 0 saturated heterocycles. The Morgan fingerprint density at radius 2 is 2.03 bits per heavy atom. The normalized spacial score (nSPS) is 13.9. The first-order valence-corrected chi connectivity index (χ1v) is 9.77. The minimum absolute atomic E-state index is 0.00608. The van der Waals surface area contributed by atoms with Gasteiger partial charge in [-0.2, -0.15) is 0 Å². The number of amidine groups is 1. The van der Waals surface area contributed by atoms with Crippen LogP contribution in [-0.4, -0.2) is 40.3 Å². The van der Waals surface area contributed by atoms with Gasteiger partial charge in [0.05, 0.1) is 13.3 Å². The number of hydrogen-bond acceptors (Lipinski definition) is 7. The first-order chi connectivity index (χ1) is 14.6. The van der Waals surface area contributed by atoms with Crippen LogP contribution in [0.5, 0.6) is 5.75 Å². The fourth-order valence-corrected chi connectivity index (χ4v) is 3.03. The van der Waals surface area contributed by atoms with E-state index >= 15 is 0 Å². The van der Waals surface area contributed by atoms with Gasteiger partial charge in [-0.05, 0) is 38.0 Å². The van der Waals surface area contributed by atoms with E-state index in [0.717, 1.165) is 23.6 Å². The number of nitrogens with two attached hydrogens (primary N) is 1. The number of rotatable bonds is 7. The number of fused-ring (bicyclic) bond motifs is 1. The van der Waals surface area contributed by atoms with Crippen LogP contribution < -0.4 is 21.1 Å². The van der Waals surface area contributed by atoms with E-state index in [1.807, 2.05) is 6.92 Å². The minimum Gasteiger partial charge on any atom is -0.495 e. The molecule has 1 fully saturated rings. The fraction of sp³-hybridized carbons (Fsp3) is 0.286. The van der Waals surface area contributed by atoms with E-state index in [1.165, 1.54) is 0 Å². The molecule has 0 spiro atoms. The SMILES string of the molecule is CCNc1ncc(C(N)=Nc2ccc(OC)cn2)c2cc(NC(=O)C3CC3)ncc12. The Morgan fingerprint density at radius 3 is 2.70 bits per heavy atom. The van der Waals surface area contributed by atoms with Crippen LogP contribution in [0.2, 0.25) is 0 Å². The molecule has 9 nitrogen and oxygen atoms in total. The van der Waals surface area contributed by atoms with Crippen LogP contribution in [0.25, 0.3) is 10.8 Å². The molecule has 0 atom stereocenters. The van der Waals surface area contributed by atoms with E-state index in [0.29, 0.717) is 35.3 Å². The highest BCUT2D eigenvalue weighted by atomic mass is 16.5. The van der Waals surface area contributed by atoms with Crippen molar-refractivity contribution in [1.29, 1.82) is 0 Å². The zero-order chi connectivity index (χ0) is 21.1. The molecule has 4 N–H and O–H groups in total. The Hall–Kier alpha value is -3.75. The number of ether oxygens (including phenoxy) is 1. The van der Waals surface area contributed by atoms with Gasteiger partial charge in [-0.15, -0.1) is 0 Å². The number of anilines is 2. The highest BCUT2D eigenvalue weighted by Crippen LogP contribution is 2.31. The van der Waals surface area contributed by atoms with Crippen molar-refractivity contribution in [3.8, 4) is 5.75 Å². The van der Waals surface area contributed by atoms with Crippen LogP contribution in [0, 0.1) is 5.92 Å². The van der Waals surface area contributed by atoms with Crippen LogP contribution in [0.15, 0.2) is 41.8 Å². The van der Waals surface area contributed by atoms with Crippen LogP contribution in [-0.2, 0) is 4.79 Å². The summed E-state index contributed by atoms with van der Waals surface area (Å²) in [5.41, 5.74) is 6.94. The topological polar surface area (TPSA) is 127 Å². The highest BCUT2D eigenvalue weighted by Gasteiger charge is 2.29. The summed E-state index contributed by atoms with van der Waals surface area (Å²) in [6.07, 6.45) is 6.77. The van der Waals surface area contributed by atoms with Gasteiger partial charge >= 0.3 is 0 Å². The highest BCUT2D eigenvalue weighted by molar-refractivity contribution is 6.12. The van der Waals surface area contributed by atoms with E-state index in [-0.39, 0.29) is 17.7 Å². The first-order valence-electron chi connectivity index (χ1n) is 9.77. The Kier molecular flexibility index (Phi) is 5.42. The van der Waals surface area contributed by atoms with Crippen molar-refractivity contribution in [2.45, 2.75) is 19.8 Å². The number of amides is 1. The third-order valence-electron chi connectivity index (χ3n) is 4.78. The second-order valence-corrected chi connectivity index (χ2v) is 6.98. The molecule has 1 aliphatic rings. The van der Waals surface area contributed by atoms with Crippen LogP contribution in [0.4, 0.5) is 17.5 Å². The number of aromatic nitrogens is 3. The molecule has 0 bridgehead atoms. The second kappa shape index (κ2) is 8.32. The lowest BCUT2D eigenvalue weighted by Gasteiger charge is -2.12. The van der Waals surface area contributed by atoms with Crippen LogP contribution in [0.3, 0.4) is 0 Å². The van der Waals surface area contributed by atoms with Gasteiger partial charge in [0.25, 0.3) is 0 Å². The number of pyridine rings is 3. The molecule has 3 aromatic heterocycles. The Morgan fingerprint density at radius 1 is 1.20 bits per heavy atom. The van der Waals surface area contributed by atoms with Crippen molar-refractivity contribution in [1.82, 2.24) is 15.0 Å². The molecule has 9 heteroatoms. The lowest BCUT2D eigenvalue weighted by Crippen LogP contribution is -2.16. The number of hydrogen-bond donors (Lipinski definition) is 3. The van der Waals surface area contributed by atoms with Gasteiger partial charge in [0, 0.05) is 41.2 Å². The number of nitrogens with one attached hydrogen (secondary N) is 2. The average Bonchev–Trinajstić information content (AvgIpc) is 3.60. The molecular weight excluding hydrogens is 382 g/mol. The molecule has 3 aromatic rings. The van der Waals surface area contributed by atoms with Gasteiger partial charge < -0.3 is 21.1 Å². The van der Waals surface area contributed by atoms with E-state index < -0.39 is 0 Å². The third kappa shape index (κ3) is 4.14. The van der Waals surface area contributed by atoms with E-state index in [9.17, 15) is 4.79 Å². The molecule has 0 unspecified atom stereocenters. The summed E-state index contributed by atoms with van der Waals surface area (Å²) in [6, 6.07) is 5.29. The van der Waals surface area contributed by atoms with Gasteiger partial charge in [0.1, 0.15) is 23.2 Å². The van der Waals surface area contributed by atoms with Gasteiger partial charge in [0.2, 0.25) is 5.91 Å². The van der Waals surface area contributed by atoms with Crippen molar-refractivity contribution in [2.24, 2.45) is 16.6 Å². The lowest BCUT2D eigenvalue weighted by atomic mass is 10.1. The number of carbonyl (C=O) groups excluding carboxylic acids is 1. The van der Waals surface area contributed by atoms with Crippen molar-refractivity contribution in [3.63, 3.8) is 0 Å². The Balaban J connectivity index is 1.75. The molecule has 30 heavy (non-hydrogen) atoms. The standard InChI is InChI=1S/C21H23N7O2/c1-3-23-20-16-11-25-18(28-21(29)12-4-5-12)8-14(16)15(10-26-20)19(22)27-17-7-6-13(30-2)9-24-17/h6-12H,3-5H2,1-2H3,(H,23,26)(H2,22,24,27)(H,25,28,29). The van der Waals surface area contributed by atoms with Gasteiger partial charge in [-0.1, -0.05) is 0 Å². The number of methoxy groups -OCH3 is 1. The molecule has 0 aliphatic heterocycles. The molecule has 154 valence electrons. The predicted octanol–water partition coefficient (Wildman–Crippen LogP) is 2.85. The monoisotopic (exact) mass is 405 g/mol. The van der Waals surface area contributed by atoms with E-state index in [2.05, 4.69) is 30.6 Å². The van der Waals surface area contributed by atoms with Gasteiger partial charge in [0.15, 0.2) is 5.82 Å². The fourth-order valence-electron chi connectivity index (χ4n) is 3.03. The first kappa shape index (κ1) is 19.6. The summed E-state index contributed by atoms with van der Waals surface area (Å²) in [5.74, 6) is 2.60. The molecule has 1 saturated carbocycles. The average molecular weight is 405 g/mol. The van der Waals surface area contributed by atoms with Crippen LogP contribution >= 0.6 is 0 Å². The lowest BCUT2D eigenvalue weighted by molar-refractivity contribution is -0.117. The summed E-state index contributed by atoms with van der Waals surface area (Å²) in [7, 11) is 1.58. The smallest absolute Gasteiger partial charge is 0.228 e. The largest absolute Gasteiger partial charge is 0.495 e. The van der Waals surface area contributed by atoms with Gasteiger partial charge in [-0.3, -0.25) is 4.79 Å². The summed E-state index contributed by atoms with van der Waals surface area (Å²) in [5, 5.41) is 7.68. The zero-order valence-electron chi connectivity index (χ0n) is 16.8. The van der Waals surface area contributed by atoms with Crippen LogP contribution in [0.1, 0.15) is 25.3 Å². The van der Waals surface area contributed by atoms with Crippen molar-refractivity contribution in [3.05, 3.63) is 42.4 Å². The maximum absolute atomic E-state index is 12.1. The maximum Gasteiger partial charge on any atom is 0.228 e. The zero-order valence-corrected chi connectivity index (χ0v) is 16.8. The summed E-state index contributed by atoms with van der Waals surface area (Å²) in [4.78, 5) is 29.7. The molecule has 4 rings (SSSR count). The third-order valence-corrected chi connectivity index (χ3v) is 4.78. The number of nitrogens with zero attached hydrogens (tertiary/aromatic N) is 4. The summed E-state index contributed by atoms with van der Waals surface area (Å²) < 4.78 is 5.12. The molecular formula is C21H23N7O2. The Labute approximate surface area is 173 Å². The Bertz CT molecular complexity index is 1110.